The van der Waals surface area contributed by atoms with Crippen LogP contribution in [0.25, 0.3) is 11.1 Å². The SMILES string of the molecule is CCC(C)n1nccc1C(=O)N[C@H](C(=O)Nc1ccc(-c2cc(C)cnc2C)c(F)[nH+]1)C(C1CC1)C1CC1. The van der Waals surface area contributed by atoms with Crippen molar-refractivity contribution in [3.05, 3.63) is 59.6 Å². The highest BCUT2D eigenvalue weighted by Gasteiger charge is 2.49. The molecule has 200 valence electrons. The lowest BCUT2D eigenvalue weighted by Crippen LogP contribution is -2.50. The van der Waals surface area contributed by atoms with Gasteiger partial charge in [0.2, 0.25) is 0 Å². The Labute approximate surface area is 222 Å². The molecule has 2 aliphatic rings. The monoisotopic (exact) mass is 519 g/mol. The Morgan fingerprint density at radius 3 is 2.47 bits per heavy atom. The number of carbonyl (C=O) groups excluding carboxylic acids is 2. The number of rotatable bonds is 10. The molecule has 3 N–H and O–H groups in total. The Bertz CT molecular complexity index is 1330. The molecule has 0 radical (unpaired) electrons. The molecule has 0 bridgehead atoms. The second-order valence-electron chi connectivity index (χ2n) is 10.9. The average Bonchev–Trinajstić information content (AvgIpc) is 3.84. The number of pyridine rings is 2. The molecule has 0 saturated heterocycles. The van der Waals surface area contributed by atoms with Crippen LogP contribution in [0.1, 0.15) is 73.7 Å². The minimum atomic E-state index is -0.720. The maximum absolute atomic E-state index is 15.2. The van der Waals surface area contributed by atoms with Crippen LogP contribution in [-0.4, -0.2) is 32.6 Å². The van der Waals surface area contributed by atoms with E-state index >= 15 is 4.39 Å². The van der Waals surface area contributed by atoms with Crippen LogP contribution >= 0.6 is 0 Å². The van der Waals surface area contributed by atoms with Gasteiger partial charge in [-0.25, -0.2) is 15.1 Å². The molecule has 2 aliphatic carbocycles. The van der Waals surface area contributed by atoms with Gasteiger partial charge in [0, 0.05) is 35.8 Å². The van der Waals surface area contributed by atoms with Gasteiger partial charge in [-0.1, -0.05) is 6.92 Å². The molecule has 3 aromatic rings. The second kappa shape index (κ2) is 10.6. The van der Waals surface area contributed by atoms with Crippen LogP contribution in [0.4, 0.5) is 10.2 Å². The molecule has 2 atom stereocenters. The minimum absolute atomic E-state index is 0.0593. The number of aromatic amines is 1. The number of hydrogen-bond donors (Lipinski definition) is 2. The Morgan fingerprint density at radius 1 is 1.13 bits per heavy atom. The first-order valence-electron chi connectivity index (χ1n) is 13.6. The van der Waals surface area contributed by atoms with Crippen molar-refractivity contribution in [2.24, 2.45) is 17.8 Å². The molecule has 2 fully saturated rings. The van der Waals surface area contributed by atoms with Crippen molar-refractivity contribution >= 4 is 17.6 Å². The van der Waals surface area contributed by atoms with Gasteiger partial charge in [-0.2, -0.15) is 9.49 Å². The van der Waals surface area contributed by atoms with E-state index in [0.717, 1.165) is 43.4 Å². The van der Waals surface area contributed by atoms with Gasteiger partial charge in [0.25, 0.3) is 17.7 Å². The van der Waals surface area contributed by atoms with Crippen LogP contribution < -0.4 is 15.6 Å². The van der Waals surface area contributed by atoms with Gasteiger partial charge in [0.05, 0.1) is 5.56 Å². The summed E-state index contributed by atoms with van der Waals surface area (Å²) in [6, 6.07) is 6.20. The maximum atomic E-state index is 15.2. The molecular weight excluding hydrogens is 483 g/mol. The van der Waals surface area contributed by atoms with E-state index in [4.69, 9.17) is 0 Å². The third-order valence-electron chi connectivity index (χ3n) is 7.87. The molecule has 0 aromatic carbocycles. The van der Waals surface area contributed by atoms with Gasteiger partial charge in [0.1, 0.15) is 11.7 Å². The van der Waals surface area contributed by atoms with Gasteiger partial charge in [-0.3, -0.25) is 14.5 Å². The van der Waals surface area contributed by atoms with Gasteiger partial charge in [-0.05, 0) is 94.4 Å². The smallest absolute Gasteiger partial charge is 0.330 e. The first-order valence-corrected chi connectivity index (χ1v) is 13.6. The molecule has 0 spiro atoms. The molecule has 3 aromatic heterocycles. The summed E-state index contributed by atoms with van der Waals surface area (Å²) in [6.45, 7) is 7.79. The largest absolute Gasteiger partial charge is 0.337 e. The molecule has 38 heavy (non-hydrogen) atoms. The zero-order chi connectivity index (χ0) is 27.0. The molecule has 9 heteroatoms. The van der Waals surface area contributed by atoms with Crippen LogP contribution in [0.3, 0.4) is 0 Å². The topological polar surface area (TPSA) is 103 Å². The van der Waals surface area contributed by atoms with E-state index in [9.17, 15) is 9.59 Å². The number of carbonyl (C=O) groups is 2. The summed E-state index contributed by atoms with van der Waals surface area (Å²) in [5.74, 6) is -0.0864. The predicted molar refractivity (Wildman–Crippen MR) is 142 cm³/mol. The third-order valence-corrected chi connectivity index (χ3v) is 7.87. The van der Waals surface area contributed by atoms with E-state index in [-0.39, 0.29) is 29.6 Å². The lowest BCUT2D eigenvalue weighted by atomic mass is 9.88. The number of H-pyrrole nitrogens is 1. The fourth-order valence-corrected chi connectivity index (χ4v) is 5.33. The zero-order valence-corrected chi connectivity index (χ0v) is 22.4. The molecule has 0 aliphatic heterocycles. The molecule has 8 nitrogen and oxygen atoms in total. The van der Waals surface area contributed by atoms with Crippen LogP contribution in [0.15, 0.2) is 36.7 Å². The van der Waals surface area contributed by atoms with Crippen molar-refractivity contribution in [2.75, 3.05) is 5.32 Å². The van der Waals surface area contributed by atoms with E-state index in [1.54, 1.807) is 35.3 Å². The van der Waals surface area contributed by atoms with Gasteiger partial charge in [-0.15, -0.1) is 0 Å². The summed E-state index contributed by atoms with van der Waals surface area (Å²) in [6.07, 6.45) is 8.43. The summed E-state index contributed by atoms with van der Waals surface area (Å²) in [5.41, 5.74) is 3.17. The second-order valence-corrected chi connectivity index (χ2v) is 10.9. The first-order chi connectivity index (χ1) is 18.3. The number of nitrogens with zero attached hydrogens (tertiary/aromatic N) is 3. The lowest BCUT2D eigenvalue weighted by molar-refractivity contribution is -0.404. The fraction of sp³-hybridized carbons (Fsp3) is 0.483. The molecule has 3 heterocycles. The Hall–Kier alpha value is -3.62. The van der Waals surface area contributed by atoms with Crippen molar-refractivity contribution in [2.45, 2.75) is 71.9 Å². The molecule has 2 saturated carbocycles. The molecule has 5 rings (SSSR count). The number of amides is 2. The molecule has 2 amide bonds. The Kier molecular flexibility index (Phi) is 7.27. The van der Waals surface area contributed by atoms with Crippen molar-refractivity contribution in [1.29, 1.82) is 0 Å². The maximum Gasteiger partial charge on any atom is 0.330 e. The Morgan fingerprint density at radius 2 is 1.84 bits per heavy atom. The summed E-state index contributed by atoms with van der Waals surface area (Å²) in [5, 5.41) is 10.2. The highest BCUT2D eigenvalue weighted by Crippen LogP contribution is 2.51. The van der Waals surface area contributed by atoms with Crippen LogP contribution in [0.5, 0.6) is 0 Å². The van der Waals surface area contributed by atoms with Gasteiger partial charge < -0.3 is 5.32 Å². The fourth-order valence-electron chi connectivity index (χ4n) is 5.33. The number of anilines is 1. The zero-order valence-electron chi connectivity index (χ0n) is 22.4. The number of halogens is 1. The number of aryl methyl sites for hydroxylation is 2. The van der Waals surface area contributed by atoms with E-state index < -0.39 is 12.0 Å². The normalized spacial score (nSPS) is 16.8. The quantitative estimate of drug-likeness (QED) is 0.380. The minimum Gasteiger partial charge on any atom is -0.337 e. The van der Waals surface area contributed by atoms with Crippen molar-refractivity contribution in [1.82, 2.24) is 20.1 Å². The van der Waals surface area contributed by atoms with Crippen molar-refractivity contribution in [3.63, 3.8) is 0 Å². The number of aromatic nitrogens is 4. The first kappa shape index (κ1) is 26.0. The van der Waals surface area contributed by atoms with E-state index in [1.165, 1.54) is 0 Å². The summed E-state index contributed by atoms with van der Waals surface area (Å²) >= 11 is 0. The summed E-state index contributed by atoms with van der Waals surface area (Å²) in [4.78, 5) is 34.1. The predicted octanol–water partition coefficient (Wildman–Crippen LogP) is 4.66. The number of hydrogen-bond acceptors (Lipinski definition) is 4. The lowest BCUT2D eigenvalue weighted by Gasteiger charge is -2.26. The summed E-state index contributed by atoms with van der Waals surface area (Å²) < 4.78 is 16.9. The van der Waals surface area contributed by atoms with Crippen LogP contribution in [0, 0.1) is 37.5 Å². The van der Waals surface area contributed by atoms with Gasteiger partial charge in [0.15, 0.2) is 0 Å². The Balaban J connectivity index is 1.39. The average molecular weight is 520 g/mol. The van der Waals surface area contributed by atoms with Crippen LogP contribution in [0.2, 0.25) is 0 Å². The standard InChI is InChI=1S/C29H35FN6O2/c1-5-17(3)36-23(12-13-32-36)28(37)35-26(25(19-6-7-19)20-8-9-20)29(38)34-24-11-10-21(27(30)33-24)22-14-16(2)15-31-18(22)4/h10-15,17,19-20,25-26H,5-9H2,1-4H3,(H,35,37)(H,33,34,38)/p+1/t17?,26-/m0/s1. The summed E-state index contributed by atoms with van der Waals surface area (Å²) in [7, 11) is 0. The van der Waals surface area contributed by atoms with Crippen molar-refractivity contribution < 1.29 is 19.0 Å². The van der Waals surface area contributed by atoms with Gasteiger partial charge >= 0.3 is 5.91 Å². The highest BCUT2D eigenvalue weighted by molar-refractivity contribution is 6.00. The van der Waals surface area contributed by atoms with E-state index in [0.29, 0.717) is 28.7 Å². The number of nitrogens with one attached hydrogen (secondary N) is 3. The van der Waals surface area contributed by atoms with Crippen molar-refractivity contribution in [3.8, 4) is 11.1 Å². The highest BCUT2D eigenvalue weighted by atomic mass is 19.1. The third kappa shape index (κ3) is 5.47. The van der Waals surface area contributed by atoms with E-state index in [2.05, 4.69) is 25.7 Å². The van der Waals surface area contributed by atoms with E-state index in [1.807, 2.05) is 33.8 Å². The molecule has 1 unspecified atom stereocenters. The molecular formula is C29H36FN6O2+. The van der Waals surface area contributed by atoms with Crippen LogP contribution in [-0.2, 0) is 4.79 Å².